The van der Waals surface area contributed by atoms with Crippen molar-refractivity contribution in [3.8, 4) is 28.4 Å². The van der Waals surface area contributed by atoms with Gasteiger partial charge < -0.3 is 19.5 Å². The molecule has 0 bridgehead atoms. The highest BCUT2D eigenvalue weighted by molar-refractivity contribution is 5.68. The van der Waals surface area contributed by atoms with Gasteiger partial charge in [0.15, 0.2) is 12.1 Å². The second-order valence-electron chi connectivity index (χ2n) is 8.22. The molecular formula is C25H31N5O3. The summed E-state index contributed by atoms with van der Waals surface area (Å²) >= 11 is 0. The Morgan fingerprint density at radius 2 is 1.85 bits per heavy atom. The maximum Gasteiger partial charge on any atom is 0.175 e. The number of anilines is 1. The van der Waals surface area contributed by atoms with Crippen LogP contribution in [0.4, 0.5) is 5.82 Å². The summed E-state index contributed by atoms with van der Waals surface area (Å²) in [7, 11) is 3.83. The first-order valence-corrected chi connectivity index (χ1v) is 11.3. The molecule has 1 aliphatic heterocycles. The van der Waals surface area contributed by atoms with Gasteiger partial charge in [0.25, 0.3) is 0 Å². The lowest BCUT2D eigenvalue weighted by atomic mass is 10.1. The van der Waals surface area contributed by atoms with Crippen LogP contribution >= 0.6 is 0 Å². The molecule has 2 atom stereocenters. The molecule has 1 saturated heterocycles. The zero-order valence-electron chi connectivity index (χ0n) is 19.3. The number of pyridine rings is 1. The van der Waals surface area contributed by atoms with E-state index < -0.39 is 12.3 Å². The molecule has 2 aromatic heterocycles. The maximum atomic E-state index is 9.91. The van der Waals surface area contributed by atoms with Crippen LogP contribution in [0.25, 0.3) is 22.6 Å². The van der Waals surface area contributed by atoms with Crippen LogP contribution in [-0.4, -0.2) is 65.7 Å². The van der Waals surface area contributed by atoms with Gasteiger partial charge in [0.1, 0.15) is 17.7 Å². The van der Waals surface area contributed by atoms with E-state index >= 15 is 0 Å². The van der Waals surface area contributed by atoms with Gasteiger partial charge in [-0.15, -0.1) is 0 Å². The molecule has 1 aromatic carbocycles. The van der Waals surface area contributed by atoms with E-state index in [1.807, 2.05) is 42.5 Å². The fourth-order valence-corrected chi connectivity index (χ4v) is 3.93. The largest absolute Gasteiger partial charge is 0.473 e. The SMILES string of the molecule is CNC(Oc1cccc(-c2nc(-c3ccncc3)cc(N(C)C3CCOCC3)n2)c1)C(C)O. The molecule has 8 heteroatoms. The molecule has 2 unspecified atom stereocenters. The average Bonchev–Trinajstić information content (AvgIpc) is 2.87. The third kappa shape index (κ3) is 5.65. The lowest BCUT2D eigenvalue weighted by Gasteiger charge is -2.32. The first-order chi connectivity index (χ1) is 16.0. The van der Waals surface area contributed by atoms with Gasteiger partial charge in [-0.05, 0) is 51.1 Å². The van der Waals surface area contributed by atoms with Gasteiger partial charge in [0.2, 0.25) is 0 Å². The molecular weight excluding hydrogens is 418 g/mol. The number of hydrogen-bond acceptors (Lipinski definition) is 8. The van der Waals surface area contributed by atoms with Crippen molar-refractivity contribution in [2.75, 3.05) is 32.2 Å². The minimum atomic E-state index is -0.662. The fourth-order valence-electron chi connectivity index (χ4n) is 3.93. The molecule has 3 heterocycles. The molecule has 3 aromatic rings. The minimum absolute atomic E-state index is 0.365. The summed E-state index contributed by atoms with van der Waals surface area (Å²) < 4.78 is 11.5. The third-order valence-electron chi connectivity index (χ3n) is 5.87. The summed E-state index contributed by atoms with van der Waals surface area (Å²) in [6, 6.07) is 13.9. The van der Waals surface area contributed by atoms with Crippen molar-refractivity contribution in [1.82, 2.24) is 20.3 Å². The van der Waals surface area contributed by atoms with Gasteiger partial charge in [0.05, 0.1) is 5.69 Å². The fraction of sp³-hybridized carbons (Fsp3) is 0.400. The standard InChI is InChI=1S/C25H31N5O3/c1-17(31)25(26-2)33-21-6-4-5-19(15-21)24-28-22(18-7-11-27-12-8-18)16-23(29-24)30(3)20-9-13-32-14-10-20/h4-8,11-12,15-17,20,25-26,31H,9-10,13-14H2,1-3H3. The topological polar surface area (TPSA) is 92.6 Å². The van der Waals surface area contributed by atoms with Gasteiger partial charge in [-0.3, -0.25) is 10.3 Å². The molecule has 1 fully saturated rings. The van der Waals surface area contributed by atoms with Crippen LogP contribution in [0.3, 0.4) is 0 Å². The summed E-state index contributed by atoms with van der Waals surface area (Å²) in [4.78, 5) is 16.1. The van der Waals surface area contributed by atoms with E-state index in [1.165, 1.54) is 0 Å². The monoisotopic (exact) mass is 449 g/mol. The number of hydrogen-bond donors (Lipinski definition) is 2. The van der Waals surface area contributed by atoms with Crippen LogP contribution in [0, 0.1) is 0 Å². The number of nitrogens with one attached hydrogen (secondary N) is 1. The number of likely N-dealkylation sites (N-methyl/N-ethyl adjacent to an activating group) is 1. The van der Waals surface area contributed by atoms with E-state index in [4.69, 9.17) is 19.4 Å². The van der Waals surface area contributed by atoms with E-state index in [1.54, 1.807) is 26.4 Å². The van der Waals surface area contributed by atoms with Gasteiger partial charge in [-0.25, -0.2) is 9.97 Å². The second-order valence-corrected chi connectivity index (χ2v) is 8.22. The lowest BCUT2D eigenvalue weighted by molar-refractivity contribution is 0.0321. The normalized spacial score (nSPS) is 16.2. The molecule has 4 rings (SSSR count). The number of aromatic nitrogens is 3. The number of aliphatic hydroxyl groups is 1. The molecule has 174 valence electrons. The van der Waals surface area contributed by atoms with Crippen LogP contribution in [0.1, 0.15) is 19.8 Å². The zero-order valence-corrected chi connectivity index (χ0v) is 19.3. The molecule has 2 N–H and O–H groups in total. The van der Waals surface area contributed by atoms with Crippen molar-refractivity contribution in [1.29, 1.82) is 0 Å². The summed E-state index contributed by atoms with van der Waals surface area (Å²) in [5, 5.41) is 12.9. The van der Waals surface area contributed by atoms with Gasteiger partial charge in [-0.1, -0.05) is 12.1 Å². The maximum absolute atomic E-state index is 9.91. The van der Waals surface area contributed by atoms with Crippen LogP contribution in [0.5, 0.6) is 5.75 Å². The molecule has 8 nitrogen and oxygen atoms in total. The Morgan fingerprint density at radius 3 is 2.55 bits per heavy atom. The van der Waals surface area contributed by atoms with Crippen molar-refractivity contribution < 1.29 is 14.6 Å². The van der Waals surface area contributed by atoms with Crippen molar-refractivity contribution in [3.63, 3.8) is 0 Å². The van der Waals surface area contributed by atoms with Crippen LogP contribution in [0.15, 0.2) is 54.9 Å². The Morgan fingerprint density at radius 1 is 1.09 bits per heavy atom. The Bertz CT molecular complexity index is 1040. The first-order valence-electron chi connectivity index (χ1n) is 11.3. The highest BCUT2D eigenvalue weighted by Crippen LogP contribution is 2.29. The summed E-state index contributed by atoms with van der Waals surface area (Å²) in [5.41, 5.74) is 2.65. The van der Waals surface area contributed by atoms with E-state index in [-0.39, 0.29) is 0 Å². The Kier molecular flexibility index (Phi) is 7.49. The van der Waals surface area contributed by atoms with Gasteiger partial charge in [0, 0.05) is 55.9 Å². The Labute approximate surface area is 194 Å². The molecule has 0 aliphatic carbocycles. The molecule has 0 spiro atoms. The Hall–Kier alpha value is -3.07. The predicted molar refractivity (Wildman–Crippen MR) is 128 cm³/mol. The summed E-state index contributed by atoms with van der Waals surface area (Å²) in [6.07, 6.45) is 4.29. The molecule has 0 amide bonds. The van der Waals surface area contributed by atoms with E-state index in [0.717, 1.165) is 48.7 Å². The highest BCUT2D eigenvalue weighted by atomic mass is 16.5. The van der Waals surface area contributed by atoms with Crippen molar-refractivity contribution in [2.24, 2.45) is 0 Å². The lowest BCUT2D eigenvalue weighted by Crippen LogP contribution is -2.40. The predicted octanol–water partition coefficient (Wildman–Crippen LogP) is 3.13. The molecule has 1 aliphatic rings. The molecule has 0 radical (unpaired) electrons. The van der Waals surface area contributed by atoms with Crippen molar-refractivity contribution >= 4 is 5.82 Å². The first kappa shape index (κ1) is 23.1. The summed E-state index contributed by atoms with van der Waals surface area (Å²) in [6.45, 7) is 3.21. The Balaban J connectivity index is 1.72. The highest BCUT2D eigenvalue weighted by Gasteiger charge is 2.22. The smallest absolute Gasteiger partial charge is 0.175 e. The van der Waals surface area contributed by atoms with Crippen molar-refractivity contribution in [2.45, 2.75) is 38.1 Å². The zero-order chi connectivity index (χ0) is 23.2. The summed E-state index contributed by atoms with van der Waals surface area (Å²) in [5.74, 6) is 2.11. The third-order valence-corrected chi connectivity index (χ3v) is 5.87. The van der Waals surface area contributed by atoms with E-state index in [2.05, 4.69) is 22.2 Å². The van der Waals surface area contributed by atoms with E-state index in [9.17, 15) is 5.11 Å². The quantitative estimate of drug-likeness (QED) is 0.507. The minimum Gasteiger partial charge on any atom is -0.473 e. The second kappa shape index (κ2) is 10.7. The van der Waals surface area contributed by atoms with Crippen LogP contribution in [-0.2, 0) is 4.74 Å². The number of benzene rings is 1. The average molecular weight is 450 g/mol. The van der Waals surface area contributed by atoms with Crippen LogP contribution < -0.4 is 15.0 Å². The van der Waals surface area contributed by atoms with Gasteiger partial charge in [-0.2, -0.15) is 0 Å². The van der Waals surface area contributed by atoms with Crippen LogP contribution in [0.2, 0.25) is 0 Å². The van der Waals surface area contributed by atoms with E-state index in [0.29, 0.717) is 17.6 Å². The van der Waals surface area contributed by atoms with Crippen molar-refractivity contribution in [3.05, 3.63) is 54.9 Å². The number of nitrogens with zero attached hydrogens (tertiary/aromatic N) is 4. The number of ether oxygens (including phenoxy) is 2. The number of aliphatic hydroxyl groups excluding tert-OH is 1. The number of rotatable bonds is 8. The molecule has 33 heavy (non-hydrogen) atoms. The molecule has 0 saturated carbocycles. The van der Waals surface area contributed by atoms with Gasteiger partial charge >= 0.3 is 0 Å².